The molecule has 0 spiro atoms. The molecule has 1 aromatic carbocycles. The highest BCUT2D eigenvalue weighted by Crippen LogP contribution is 2.16. The molecule has 1 saturated heterocycles. The molecule has 0 bridgehead atoms. The van der Waals surface area contributed by atoms with E-state index in [-0.39, 0.29) is 30.1 Å². The van der Waals surface area contributed by atoms with Gasteiger partial charge in [-0.15, -0.1) is 11.8 Å². The molecule has 1 fully saturated rings. The first-order chi connectivity index (χ1) is 12.3. The van der Waals surface area contributed by atoms with Crippen LogP contribution in [-0.4, -0.2) is 56.5 Å². The summed E-state index contributed by atoms with van der Waals surface area (Å²) in [7, 11) is -3.08. The number of amides is 1. The first-order valence-electron chi connectivity index (χ1n) is 8.12. The van der Waals surface area contributed by atoms with E-state index in [0.717, 1.165) is 4.90 Å². The highest BCUT2D eigenvalue weighted by atomic mass is 32.2. The van der Waals surface area contributed by atoms with Crippen LogP contribution in [0.2, 0.25) is 0 Å². The smallest absolute Gasteiger partial charge is 0.306 e. The molecule has 2 rings (SSSR count). The first-order valence-corrected chi connectivity index (χ1v) is 11.2. The van der Waals surface area contributed by atoms with Crippen LogP contribution in [0.1, 0.15) is 29.6 Å². The first kappa shape index (κ1) is 20.4. The summed E-state index contributed by atoms with van der Waals surface area (Å²) in [4.78, 5) is 36.4. The number of carbonyl (C=O) groups excluding carboxylic acids is 3. The maximum atomic E-state index is 12.0. The zero-order valence-corrected chi connectivity index (χ0v) is 16.0. The molecular weight excluding hydrogens is 378 g/mol. The molecule has 1 N–H and O–H groups in total. The van der Waals surface area contributed by atoms with Crippen molar-refractivity contribution in [1.29, 1.82) is 0 Å². The van der Waals surface area contributed by atoms with Crippen LogP contribution in [0.5, 0.6) is 0 Å². The lowest BCUT2D eigenvalue weighted by atomic mass is 10.1. The number of nitrogens with one attached hydrogen (secondary N) is 1. The van der Waals surface area contributed by atoms with Gasteiger partial charge in [-0.05, 0) is 24.8 Å². The molecule has 0 aliphatic carbocycles. The number of hydrogen-bond donors (Lipinski definition) is 1. The van der Waals surface area contributed by atoms with Gasteiger partial charge < -0.3 is 10.1 Å². The third-order valence-electron chi connectivity index (χ3n) is 3.93. The van der Waals surface area contributed by atoms with Crippen molar-refractivity contribution in [3.05, 3.63) is 29.8 Å². The Labute approximate surface area is 156 Å². The quantitative estimate of drug-likeness (QED) is 0.398. The van der Waals surface area contributed by atoms with Crippen LogP contribution in [-0.2, 0) is 24.2 Å². The molecule has 1 aromatic rings. The molecule has 1 heterocycles. The predicted octanol–water partition coefficient (Wildman–Crippen LogP) is 1.22. The van der Waals surface area contributed by atoms with Crippen LogP contribution in [0, 0.1) is 0 Å². The highest BCUT2D eigenvalue weighted by Gasteiger charge is 2.29. The number of ether oxygens (including phenoxy) is 1. The molecule has 142 valence electrons. The van der Waals surface area contributed by atoms with Crippen molar-refractivity contribution in [2.24, 2.45) is 0 Å². The Morgan fingerprint density at radius 1 is 1.19 bits per heavy atom. The normalized spacial score (nSPS) is 18.3. The van der Waals surface area contributed by atoms with Gasteiger partial charge >= 0.3 is 5.97 Å². The molecule has 1 aliphatic heterocycles. The SMILES string of the molecule is CSc1ccc(C(=O)CCC(=O)OCC(=O)N[C@H]2CCS(=O)(=O)C2)cc1. The highest BCUT2D eigenvalue weighted by molar-refractivity contribution is 7.98. The second-order valence-electron chi connectivity index (χ2n) is 5.98. The number of benzene rings is 1. The topological polar surface area (TPSA) is 107 Å². The second kappa shape index (κ2) is 9.18. The average Bonchev–Trinajstić information content (AvgIpc) is 2.96. The van der Waals surface area contributed by atoms with Gasteiger partial charge in [-0.2, -0.15) is 0 Å². The maximum Gasteiger partial charge on any atom is 0.306 e. The van der Waals surface area contributed by atoms with Gasteiger partial charge in [0.05, 0.1) is 17.9 Å². The summed E-state index contributed by atoms with van der Waals surface area (Å²) in [6, 6.07) is 6.66. The van der Waals surface area contributed by atoms with Gasteiger partial charge in [-0.1, -0.05) is 12.1 Å². The number of Topliss-reactive ketones (excluding diaryl/α,β-unsaturated/α-hetero) is 1. The third kappa shape index (κ3) is 6.45. The van der Waals surface area contributed by atoms with E-state index >= 15 is 0 Å². The Morgan fingerprint density at radius 3 is 2.46 bits per heavy atom. The van der Waals surface area contributed by atoms with E-state index in [4.69, 9.17) is 4.74 Å². The minimum Gasteiger partial charge on any atom is -0.456 e. The lowest BCUT2D eigenvalue weighted by molar-refractivity contribution is -0.148. The minimum absolute atomic E-state index is 0.0000639. The Balaban J connectivity index is 1.68. The number of esters is 1. The van der Waals surface area contributed by atoms with Gasteiger partial charge in [0.15, 0.2) is 22.2 Å². The molecular formula is C17H21NO6S2. The summed E-state index contributed by atoms with van der Waals surface area (Å²) in [5, 5.41) is 2.53. The second-order valence-corrected chi connectivity index (χ2v) is 9.09. The van der Waals surface area contributed by atoms with Gasteiger partial charge in [0.1, 0.15) is 0 Å². The maximum absolute atomic E-state index is 12.0. The number of thioether (sulfide) groups is 1. The van der Waals surface area contributed by atoms with Crippen LogP contribution in [0.25, 0.3) is 0 Å². The fraction of sp³-hybridized carbons (Fsp3) is 0.471. The van der Waals surface area contributed by atoms with Crippen LogP contribution < -0.4 is 5.32 Å². The summed E-state index contributed by atoms with van der Waals surface area (Å²) >= 11 is 1.57. The van der Waals surface area contributed by atoms with Crippen molar-refractivity contribution in [2.75, 3.05) is 24.4 Å². The molecule has 26 heavy (non-hydrogen) atoms. The van der Waals surface area contributed by atoms with E-state index < -0.39 is 34.4 Å². The molecule has 0 saturated carbocycles. The van der Waals surface area contributed by atoms with Gasteiger partial charge in [0.2, 0.25) is 0 Å². The minimum atomic E-state index is -3.08. The Hall–Kier alpha value is -1.87. The van der Waals surface area contributed by atoms with Crippen molar-refractivity contribution in [1.82, 2.24) is 5.32 Å². The van der Waals surface area contributed by atoms with Crippen LogP contribution in [0.15, 0.2) is 29.2 Å². The van der Waals surface area contributed by atoms with Crippen molar-refractivity contribution in [3.63, 3.8) is 0 Å². The van der Waals surface area contributed by atoms with Crippen LogP contribution in [0.3, 0.4) is 0 Å². The molecule has 9 heteroatoms. The van der Waals surface area contributed by atoms with E-state index in [1.54, 1.807) is 23.9 Å². The fourth-order valence-corrected chi connectivity index (χ4v) is 4.61. The van der Waals surface area contributed by atoms with Crippen molar-refractivity contribution < 1.29 is 27.5 Å². The van der Waals surface area contributed by atoms with Crippen molar-refractivity contribution in [2.45, 2.75) is 30.2 Å². The number of rotatable bonds is 8. The lowest BCUT2D eigenvalue weighted by Gasteiger charge is -2.11. The summed E-state index contributed by atoms with van der Waals surface area (Å²) in [5.41, 5.74) is 0.524. The van der Waals surface area contributed by atoms with Crippen LogP contribution >= 0.6 is 11.8 Å². The zero-order chi connectivity index (χ0) is 19.2. The van der Waals surface area contributed by atoms with Gasteiger partial charge in [-0.25, -0.2) is 8.42 Å². The fourth-order valence-electron chi connectivity index (χ4n) is 2.53. The van der Waals surface area contributed by atoms with Crippen molar-refractivity contribution in [3.8, 4) is 0 Å². The van der Waals surface area contributed by atoms with Crippen molar-refractivity contribution >= 4 is 39.3 Å². The molecule has 0 aromatic heterocycles. The number of ketones is 1. The standard InChI is InChI=1S/C17H21NO6S2/c1-25-14-4-2-12(3-5-14)15(19)6-7-17(21)24-10-16(20)18-13-8-9-26(22,23)11-13/h2-5,13H,6-11H2,1H3,(H,18,20)/t13-/m0/s1. The van der Waals surface area contributed by atoms with E-state index in [1.807, 2.05) is 18.4 Å². The molecule has 1 aliphatic rings. The molecule has 7 nitrogen and oxygen atoms in total. The lowest BCUT2D eigenvalue weighted by Crippen LogP contribution is -2.38. The molecule has 1 atom stereocenters. The monoisotopic (exact) mass is 399 g/mol. The Morgan fingerprint density at radius 2 is 1.88 bits per heavy atom. The summed E-state index contributed by atoms with van der Waals surface area (Å²) in [6.07, 6.45) is 2.19. The van der Waals surface area contributed by atoms with Gasteiger partial charge in [0.25, 0.3) is 5.91 Å². The van der Waals surface area contributed by atoms with Gasteiger partial charge in [-0.3, -0.25) is 14.4 Å². The van der Waals surface area contributed by atoms with E-state index in [0.29, 0.717) is 12.0 Å². The summed E-state index contributed by atoms with van der Waals surface area (Å²) in [5.74, 6) is -1.39. The Bertz CT molecular complexity index is 773. The summed E-state index contributed by atoms with van der Waals surface area (Å²) in [6.45, 7) is -0.480. The molecule has 0 unspecified atom stereocenters. The number of carbonyl (C=O) groups is 3. The van der Waals surface area contributed by atoms with Gasteiger partial charge in [0, 0.05) is 22.9 Å². The van der Waals surface area contributed by atoms with E-state index in [2.05, 4.69) is 5.32 Å². The largest absolute Gasteiger partial charge is 0.456 e. The third-order valence-corrected chi connectivity index (χ3v) is 6.44. The predicted molar refractivity (Wildman–Crippen MR) is 97.9 cm³/mol. The number of hydrogen-bond acceptors (Lipinski definition) is 7. The Kier molecular flexibility index (Phi) is 7.22. The van der Waals surface area contributed by atoms with E-state index in [9.17, 15) is 22.8 Å². The van der Waals surface area contributed by atoms with Crippen LogP contribution in [0.4, 0.5) is 0 Å². The number of sulfone groups is 1. The zero-order valence-electron chi connectivity index (χ0n) is 14.4. The molecule has 0 radical (unpaired) electrons. The van der Waals surface area contributed by atoms with E-state index in [1.165, 1.54) is 0 Å². The molecule has 1 amide bonds. The average molecular weight is 399 g/mol. The summed E-state index contributed by atoms with van der Waals surface area (Å²) < 4.78 is 27.5.